The van der Waals surface area contributed by atoms with Gasteiger partial charge in [-0.2, -0.15) is 0 Å². The highest BCUT2D eigenvalue weighted by molar-refractivity contribution is 5.77. The lowest BCUT2D eigenvalue weighted by atomic mass is 10.2. The maximum absolute atomic E-state index is 12.9. The quantitative estimate of drug-likeness (QED) is 0.669. The zero-order valence-electron chi connectivity index (χ0n) is 14.6. The number of aromatic nitrogens is 2. The molecule has 0 aliphatic carbocycles. The third kappa shape index (κ3) is 1.83. The van der Waals surface area contributed by atoms with Gasteiger partial charge in [0.2, 0.25) is 0 Å². The minimum absolute atomic E-state index is 0.00309. The van der Waals surface area contributed by atoms with E-state index in [4.69, 9.17) is 5.48 Å². The molecule has 0 N–H and O–H groups in total. The Labute approximate surface area is 116 Å². The van der Waals surface area contributed by atoms with Crippen LogP contribution in [-0.2, 0) is 0 Å². The van der Waals surface area contributed by atoms with Crippen molar-refractivity contribution in [1.29, 1.82) is 0 Å². The van der Waals surface area contributed by atoms with Crippen LogP contribution in [-0.4, -0.2) is 9.55 Å². The van der Waals surface area contributed by atoms with E-state index in [-0.39, 0.29) is 29.0 Å². The molecule has 0 spiro atoms. The summed E-state index contributed by atoms with van der Waals surface area (Å²) >= 11 is 0. The average Bonchev–Trinajstić information content (AvgIpc) is 2.52. The molecule has 0 amide bonds. The molecule has 19 heavy (non-hydrogen) atoms. The molecule has 2 aromatic carbocycles. The Morgan fingerprint density at radius 1 is 1.16 bits per heavy atom. The van der Waals surface area contributed by atoms with Gasteiger partial charge in [0, 0.05) is 0 Å². The van der Waals surface area contributed by atoms with E-state index in [0.717, 1.165) is 5.56 Å². The van der Waals surface area contributed by atoms with Gasteiger partial charge in [0.05, 0.1) is 22.1 Å². The summed E-state index contributed by atoms with van der Waals surface area (Å²) in [5, 5.41) is -0.0927. The van der Waals surface area contributed by atoms with Gasteiger partial charge in [-0.05, 0) is 37.6 Å². The predicted molar refractivity (Wildman–Crippen MR) is 76.8 cm³/mol. The summed E-state index contributed by atoms with van der Waals surface area (Å²) < 4.78 is 32.8. The van der Waals surface area contributed by atoms with Gasteiger partial charge in [-0.3, -0.25) is 9.36 Å². The topological polar surface area (TPSA) is 34.9 Å². The zero-order valence-corrected chi connectivity index (χ0v) is 10.6. The summed E-state index contributed by atoms with van der Waals surface area (Å²) in [5.41, 5.74) is 1.04. The first-order valence-electron chi connectivity index (χ1n) is 7.90. The first kappa shape index (κ1) is 7.89. The smallest absolute Gasteiger partial charge is 0.265 e. The van der Waals surface area contributed by atoms with Gasteiger partial charge in [0.25, 0.3) is 5.56 Å². The van der Waals surface area contributed by atoms with E-state index < -0.39 is 11.6 Å². The first-order chi connectivity index (χ1) is 10.8. The Bertz CT molecular complexity index is 1010. The number of hydrogen-bond acceptors (Lipinski definition) is 2. The molecule has 0 saturated heterocycles. The highest BCUT2D eigenvalue weighted by atomic mass is 16.1. The van der Waals surface area contributed by atoms with Crippen LogP contribution in [0.4, 0.5) is 0 Å². The number of nitrogens with zero attached hydrogens (tertiary/aromatic N) is 2. The molecule has 0 saturated carbocycles. The molecule has 3 nitrogen and oxygen atoms in total. The Morgan fingerprint density at radius 3 is 2.68 bits per heavy atom. The van der Waals surface area contributed by atoms with Gasteiger partial charge in [-0.15, -0.1) is 0 Å². The number of hydrogen-bond donors (Lipinski definition) is 0. The van der Waals surface area contributed by atoms with E-state index in [1.807, 2.05) is 19.1 Å². The molecular formula is C16H14N2O. The van der Waals surface area contributed by atoms with E-state index in [9.17, 15) is 4.79 Å². The van der Waals surface area contributed by atoms with Crippen LogP contribution in [0.5, 0.6) is 0 Å². The number of benzene rings is 2. The van der Waals surface area contributed by atoms with Gasteiger partial charge < -0.3 is 0 Å². The number of fused-ring (bicyclic) bond motifs is 1. The van der Waals surface area contributed by atoms with Crippen molar-refractivity contribution in [3.05, 3.63) is 70.2 Å². The summed E-state index contributed by atoms with van der Waals surface area (Å²) in [7, 11) is 0. The van der Waals surface area contributed by atoms with Crippen molar-refractivity contribution >= 4 is 10.9 Å². The predicted octanol–water partition coefficient (Wildman–Crippen LogP) is 3.00. The van der Waals surface area contributed by atoms with E-state index in [1.165, 1.54) is 4.57 Å². The van der Waals surface area contributed by atoms with Crippen molar-refractivity contribution in [2.24, 2.45) is 0 Å². The van der Waals surface area contributed by atoms with Crippen LogP contribution < -0.4 is 5.56 Å². The standard InChI is InChI=1S/C16H14N2O/c1-11-7-3-6-10-15(11)18-12(2)17-14-9-5-4-8-13(14)16(18)19/h3-10H,1-2H3/i4D,5D,8D,9D. The number of rotatable bonds is 1. The van der Waals surface area contributed by atoms with Gasteiger partial charge >= 0.3 is 0 Å². The molecule has 0 atom stereocenters. The third-order valence-electron chi connectivity index (χ3n) is 3.04. The number of para-hydroxylation sites is 2. The summed E-state index contributed by atoms with van der Waals surface area (Å²) in [6.07, 6.45) is 0. The Balaban J connectivity index is 2.54. The maximum Gasteiger partial charge on any atom is 0.265 e. The molecular weight excluding hydrogens is 236 g/mol. The van der Waals surface area contributed by atoms with Gasteiger partial charge in [-0.25, -0.2) is 4.98 Å². The first-order valence-corrected chi connectivity index (χ1v) is 5.90. The van der Waals surface area contributed by atoms with E-state index in [1.54, 1.807) is 19.1 Å². The molecule has 94 valence electrons. The molecule has 0 radical (unpaired) electrons. The Morgan fingerprint density at radius 2 is 1.89 bits per heavy atom. The zero-order chi connectivity index (χ0) is 16.9. The van der Waals surface area contributed by atoms with Crippen molar-refractivity contribution < 1.29 is 5.48 Å². The molecule has 1 aromatic heterocycles. The van der Waals surface area contributed by atoms with Gasteiger partial charge in [-0.1, -0.05) is 30.3 Å². The average molecular weight is 254 g/mol. The van der Waals surface area contributed by atoms with Crippen LogP contribution in [0.15, 0.2) is 53.2 Å². The Kier molecular flexibility index (Phi) is 1.81. The van der Waals surface area contributed by atoms with Gasteiger partial charge in [0.15, 0.2) is 0 Å². The lowest BCUT2D eigenvalue weighted by molar-refractivity contribution is 0.888. The van der Waals surface area contributed by atoms with E-state index in [0.29, 0.717) is 11.5 Å². The van der Waals surface area contributed by atoms with Crippen LogP contribution in [0.2, 0.25) is 0 Å². The second kappa shape index (κ2) is 4.35. The van der Waals surface area contributed by atoms with Crippen molar-refractivity contribution in [3.8, 4) is 5.69 Å². The van der Waals surface area contributed by atoms with Gasteiger partial charge in [0.1, 0.15) is 5.82 Å². The van der Waals surface area contributed by atoms with Crippen LogP contribution >= 0.6 is 0 Å². The molecule has 3 aromatic rings. The fourth-order valence-electron chi connectivity index (χ4n) is 2.11. The van der Waals surface area contributed by atoms with Crippen molar-refractivity contribution in [2.45, 2.75) is 13.8 Å². The lowest BCUT2D eigenvalue weighted by Gasteiger charge is -2.12. The fraction of sp³-hybridized carbons (Fsp3) is 0.125. The highest BCUT2D eigenvalue weighted by Crippen LogP contribution is 2.15. The molecule has 3 rings (SSSR count). The van der Waals surface area contributed by atoms with Crippen molar-refractivity contribution in [1.82, 2.24) is 9.55 Å². The molecule has 1 heterocycles. The second-order valence-electron chi connectivity index (χ2n) is 4.31. The second-order valence-corrected chi connectivity index (χ2v) is 4.31. The van der Waals surface area contributed by atoms with E-state index in [2.05, 4.69) is 4.98 Å². The van der Waals surface area contributed by atoms with Crippen molar-refractivity contribution in [2.75, 3.05) is 0 Å². The third-order valence-corrected chi connectivity index (χ3v) is 3.04. The van der Waals surface area contributed by atoms with Crippen LogP contribution in [0.3, 0.4) is 0 Å². The summed E-state index contributed by atoms with van der Waals surface area (Å²) in [6, 6.07) is 5.84. The molecule has 0 aliphatic heterocycles. The maximum atomic E-state index is 12.9. The minimum Gasteiger partial charge on any atom is -0.268 e. The van der Waals surface area contributed by atoms with Crippen LogP contribution in [0, 0.1) is 13.8 Å². The van der Waals surface area contributed by atoms with Crippen molar-refractivity contribution in [3.63, 3.8) is 0 Å². The minimum atomic E-state index is -0.492. The normalized spacial score (nSPS) is 13.8. The molecule has 3 heteroatoms. The fourth-order valence-corrected chi connectivity index (χ4v) is 2.11. The molecule has 0 bridgehead atoms. The Hall–Kier alpha value is -2.42. The largest absolute Gasteiger partial charge is 0.268 e. The summed E-state index contributed by atoms with van der Waals surface area (Å²) in [5.74, 6) is 0.377. The number of aryl methyl sites for hydroxylation is 2. The molecule has 0 aliphatic rings. The summed E-state index contributed by atoms with van der Waals surface area (Å²) in [4.78, 5) is 17.2. The monoisotopic (exact) mass is 254 g/mol. The molecule has 0 unspecified atom stereocenters. The van der Waals surface area contributed by atoms with Crippen LogP contribution in [0.1, 0.15) is 16.9 Å². The van der Waals surface area contributed by atoms with Crippen LogP contribution in [0.25, 0.3) is 16.6 Å². The SMILES string of the molecule is [2H]c1c([2H])c([2H])c2c(=O)n(-c3ccccc3C)c(C)nc2c1[2H]. The van der Waals surface area contributed by atoms with E-state index >= 15 is 0 Å². The summed E-state index contributed by atoms with van der Waals surface area (Å²) in [6.45, 7) is 3.51. The lowest BCUT2D eigenvalue weighted by Crippen LogP contribution is -2.22. The highest BCUT2D eigenvalue weighted by Gasteiger charge is 2.10. The molecule has 0 fully saturated rings.